The van der Waals surface area contributed by atoms with Gasteiger partial charge >= 0.3 is 0 Å². The van der Waals surface area contributed by atoms with Crippen LogP contribution in [0.5, 0.6) is 0 Å². The highest BCUT2D eigenvalue weighted by atomic mass is 32.2. The lowest BCUT2D eigenvalue weighted by molar-refractivity contribution is 0.446. The van der Waals surface area contributed by atoms with E-state index in [2.05, 4.69) is 10.2 Å². The SMILES string of the molecule is Cc1ccc(C)c(S(=O)(=O)N(C)Cc2nnc3n2CCC3)c1. The van der Waals surface area contributed by atoms with Gasteiger partial charge < -0.3 is 4.57 Å². The smallest absolute Gasteiger partial charge is 0.243 e. The van der Waals surface area contributed by atoms with Crippen molar-refractivity contribution in [3.8, 4) is 0 Å². The Kier molecular flexibility index (Phi) is 3.78. The molecule has 0 saturated carbocycles. The number of rotatable bonds is 4. The molecule has 1 aromatic carbocycles. The van der Waals surface area contributed by atoms with Gasteiger partial charge in [0.15, 0.2) is 0 Å². The van der Waals surface area contributed by atoms with Crippen molar-refractivity contribution in [2.75, 3.05) is 7.05 Å². The van der Waals surface area contributed by atoms with Gasteiger partial charge in [-0.25, -0.2) is 8.42 Å². The van der Waals surface area contributed by atoms with Crippen molar-refractivity contribution in [2.24, 2.45) is 0 Å². The van der Waals surface area contributed by atoms with Gasteiger partial charge in [0.05, 0.1) is 11.4 Å². The van der Waals surface area contributed by atoms with Crippen molar-refractivity contribution in [3.05, 3.63) is 41.0 Å². The molecule has 0 unspecified atom stereocenters. The highest BCUT2D eigenvalue weighted by molar-refractivity contribution is 7.89. The second-order valence-corrected chi connectivity index (χ2v) is 7.83. The van der Waals surface area contributed by atoms with Crippen molar-refractivity contribution in [2.45, 2.75) is 44.7 Å². The van der Waals surface area contributed by atoms with Gasteiger partial charge in [0.25, 0.3) is 0 Å². The van der Waals surface area contributed by atoms with Crippen LogP contribution in [-0.4, -0.2) is 34.5 Å². The predicted molar refractivity (Wildman–Crippen MR) is 82.9 cm³/mol. The van der Waals surface area contributed by atoms with Crippen LogP contribution in [0.15, 0.2) is 23.1 Å². The number of hydrogen-bond acceptors (Lipinski definition) is 4. The lowest BCUT2D eigenvalue weighted by Gasteiger charge is -2.18. The van der Waals surface area contributed by atoms with Crippen molar-refractivity contribution in [1.82, 2.24) is 19.1 Å². The molecule has 7 heteroatoms. The molecule has 1 aromatic heterocycles. The molecule has 6 nitrogen and oxygen atoms in total. The summed E-state index contributed by atoms with van der Waals surface area (Å²) < 4.78 is 29.0. The first-order valence-electron chi connectivity index (χ1n) is 7.34. The van der Waals surface area contributed by atoms with Crippen LogP contribution in [0, 0.1) is 13.8 Å². The molecular formula is C15H20N4O2S. The lowest BCUT2D eigenvalue weighted by atomic mass is 10.2. The van der Waals surface area contributed by atoms with Gasteiger partial charge in [-0.05, 0) is 37.5 Å². The lowest BCUT2D eigenvalue weighted by Crippen LogP contribution is -2.28. The molecule has 0 amide bonds. The Labute approximate surface area is 130 Å². The van der Waals surface area contributed by atoms with Crippen LogP contribution in [0.4, 0.5) is 0 Å². The van der Waals surface area contributed by atoms with E-state index in [0.717, 1.165) is 36.3 Å². The fraction of sp³-hybridized carbons (Fsp3) is 0.467. The molecule has 1 aliphatic heterocycles. The summed E-state index contributed by atoms with van der Waals surface area (Å²) in [5, 5.41) is 8.26. The van der Waals surface area contributed by atoms with E-state index in [4.69, 9.17) is 0 Å². The maximum atomic E-state index is 12.8. The molecule has 0 N–H and O–H groups in total. The van der Waals surface area contributed by atoms with E-state index in [-0.39, 0.29) is 6.54 Å². The first-order chi connectivity index (χ1) is 10.4. The molecule has 0 saturated heterocycles. The molecule has 0 aliphatic carbocycles. The predicted octanol–water partition coefficient (Wildman–Crippen LogP) is 1.66. The highest BCUT2D eigenvalue weighted by Crippen LogP contribution is 2.22. The van der Waals surface area contributed by atoms with Gasteiger partial charge in [0.1, 0.15) is 11.6 Å². The summed E-state index contributed by atoms with van der Waals surface area (Å²) in [5.74, 6) is 1.66. The first-order valence-corrected chi connectivity index (χ1v) is 8.78. The molecule has 1 aliphatic rings. The molecule has 0 bridgehead atoms. The third-order valence-corrected chi connectivity index (χ3v) is 6.03. The average molecular weight is 320 g/mol. The fourth-order valence-corrected chi connectivity index (χ4v) is 4.20. The molecule has 0 fully saturated rings. The number of sulfonamides is 1. The number of aromatic nitrogens is 3. The van der Waals surface area contributed by atoms with Gasteiger partial charge in [0.2, 0.25) is 10.0 Å². The average Bonchev–Trinajstić information content (AvgIpc) is 3.06. The topological polar surface area (TPSA) is 68.1 Å². The fourth-order valence-electron chi connectivity index (χ4n) is 2.76. The molecule has 22 heavy (non-hydrogen) atoms. The molecule has 2 aromatic rings. The number of aryl methyl sites for hydroxylation is 3. The van der Waals surface area contributed by atoms with Crippen LogP contribution in [0.25, 0.3) is 0 Å². The molecule has 118 valence electrons. The Bertz CT molecular complexity index is 811. The van der Waals surface area contributed by atoms with Crippen LogP contribution in [0.1, 0.15) is 29.2 Å². The summed E-state index contributed by atoms with van der Waals surface area (Å²) in [6.45, 7) is 4.82. The minimum absolute atomic E-state index is 0.239. The third kappa shape index (κ3) is 2.55. The van der Waals surface area contributed by atoms with Crippen LogP contribution < -0.4 is 0 Å². The summed E-state index contributed by atoms with van der Waals surface area (Å²) in [4.78, 5) is 0.358. The van der Waals surface area contributed by atoms with Crippen molar-refractivity contribution < 1.29 is 8.42 Å². The monoisotopic (exact) mass is 320 g/mol. The van der Waals surface area contributed by atoms with Crippen LogP contribution >= 0.6 is 0 Å². The standard InChI is InChI=1S/C15H20N4O2S/c1-11-6-7-12(2)13(9-11)22(20,21)18(3)10-15-17-16-14-5-4-8-19(14)15/h6-7,9H,4-5,8,10H2,1-3H3. The molecule has 0 radical (unpaired) electrons. The van der Waals surface area contributed by atoms with Gasteiger partial charge in [-0.1, -0.05) is 12.1 Å². The van der Waals surface area contributed by atoms with E-state index in [1.54, 1.807) is 13.1 Å². The van der Waals surface area contributed by atoms with Crippen LogP contribution in [-0.2, 0) is 29.5 Å². The Balaban J connectivity index is 1.90. The summed E-state index contributed by atoms with van der Waals surface area (Å²) in [7, 11) is -1.94. The van der Waals surface area contributed by atoms with E-state index in [0.29, 0.717) is 10.7 Å². The highest BCUT2D eigenvalue weighted by Gasteiger charge is 2.26. The van der Waals surface area contributed by atoms with Crippen molar-refractivity contribution in [3.63, 3.8) is 0 Å². The minimum Gasteiger partial charge on any atom is -0.314 e. The van der Waals surface area contributed by atoms with Crippen LogP contribution in [0.3, 0.4) is 0 Å². The maximum absolute atomic E-state index is 12.8. The molecule has 0 atom stereocenters. The Hall–Kier alpha value is -1.73. The second kappa shape index (κ2) is 5.48. The van der Waals surface area contributed by atoms with E-state index < -0.39 is 10.0 Å². The van der Waals surface area contributed by atoms with E-state index in [9.17, 15) is 8.42 Å². The second-order valence-electron chi connectivity index (χ2n) is 5.82. The molecule has 3 rings (SSSR count). The van der Waals surface area contributed by atoms with Gasteiger partial charge in [0, 0.05) is 20.0 Å². The zero-order valence-corrected chi connectivity index (χ0v) is 13.9. The normalized spacial score (nSPS) is 14.5. The zero-order valence-electron chi connectivity index (χ0n) is 13.1. The summed E-state index contributed by atoms with van der Waals surface area (Å²) in [6, 6.07) is 5.47. The minimum atomic E-state index is -3.53. The Morgan fingerprint density at radius 2 is 2.05 bits per heavy atom. The number of hydrogen-bond donors (Lipinski definition) is 0. The first kappa shape index (κ1) is 15.2. The van der Waals surface area contributed by atoms with E-state index >= 15 is 0 Å². The quantitative estimate of drug-likeness (QED) is 0.859. The third-order valence-electron chi connectivity index (χ3n) is 4.08. The number of fused-ring (bicyclic) bond motifs is 1. The molecule has 2 heterocycles. The zero-order chi connectivity index (χ0) is 15.9. The molecule has 0 spiro atoms. The number of nitrogens with zero attached hydrogens (tertiary/aromatic N) is 4. The summed E-state index contributed by atoms with van der Waals surface area (Å²) >= 11 is 0. The summed E-state index contributed by atoms with van der Waals surface area (Å²) in [6.07, 6.45) is 1.96. The van der Waals surface area contributed by atoms with E-state index in [1.165, 1.54) is 4.31 Å². The largest absolute Gasteiger partial charge is 0.314 e. The van der Waals surface area contributed by atoms with E-state index in [1.807, 2.05) is 30.5 Å². The van der Waals surface area contributed by atoms with Crippen molar-refractivity contribution >= 4 is 10.0 Å². The van der Waals surface area contributed by atoms with Crippen molar-refractivity contribution in [1.29, 1.82) is 0 Å². The Morgan fingerprint density at radius 1 is 1.27 bits per heavy atom. The summed E-state index contributed by atoms with van der Waals surface area (Å²) in [5.41, 5.74) is 1.69. The van der Waals surface area contributed by atoms with Gasteiger partial charge in [-0.2, -0.15) is 4.31 Å². The maximum Gasteiger partial charge on any atom is 0.243 e. The van der Waals surface area contributed by atoms with Crippen LogP contribution in [0.2, 0.25) is 0 Å². The molecular weight excluding hydrogens is 300 g/mol. The van der Waals surface area contributed by atoms with Gasteiger partial charge in [-0.15, -0.1) is 10.2 Å². The Morgan fingerprint density at radius 3 is 2.82 bits per heavy atom. The van der Waals surface area contributed by atoms with Gasteiger partial charge in [-0.3, -0.25) is 0 Å². The number of benzene rings is 1.